The Hall–Kier alpha value is -1.45. The van der Waals surface area contributed by atoms with Gasteiger partial charge in [0.25, 0.3) is 0 Å². The first-order valence-electron chi connectivity index (χ1n) is 6.03. The minimum atomic E-state index is 0. The van der Waals surface area contributed by atoms with Crippen LogP contribution in [0.1, 0.15) is 21.2 Å². The van der Waals surface area contributed by atoms with E-state index in [9.17, 15) is 4.79 Å². The number of hydrogen-bond donors (Lipinski definition) is 1. The van der Waals surface area contributed by atoms with Crippen molar-refractivity contribution in [3.8, 4) is 0 Å². The highest BCUT2D eigenvalue weighted by molar-refractivity contribution is 6.32. The van der Waals surface area contributed by atoms with Crippen LogP contribution in [0.4, 0.5) is 5.69 Å². The van der Waals surface area contributed by atoms with Gasteiger partial charge in [-0.3, -0.25) is 4.79 Å². The van der Waals surface area contributed by atoms with Crippen LogP contribution in [0.15, 0.2) is 24.3 Å². The molecule has 3 nitrogen and oxygen atoms in total. The predicted octanol–water partition coefficient (Wildman–Crippen LogP) is 0.831. The highest BCUT2D eigenvalue weighted by Crippen LogP contribution is 2.18. The van der Waals surface area contributed by atoms with Crippen LogP contribution in [-0.2, 0) is 4.79 Å². The lowest BCUT2D eigenvalue weighted by molar-refractivity contribution is -0.119. The minimum Gasteiger partial charge on any atom is -0.371 e. The molecule has 1 aliphatic rings. The molecule has 0 spiro atoms. The SMILES string of the molecule is [B]c1cccc(N2CCC(NC(C)=O)CC2)c1.[HH]. The monoisotopic (exact) mass is 230 g/mol. The molecule has 2 rings (SSSR count). The number of hydrogen-bond acceptors (Lipinski definition) is 2. The molecule has 0 atom stereocenters. The molecular formula is C13H19BN2O. The lowest BCUT2D eigenvalue weighted by Gasteiger charge is -2.34. The molecule has 0 bridgehead atoms. The molecule has 0 saturated carbocycles. The summed E-state index contributed by atoms with van der Waals surface area (Å²) in [4.78, 5) is 13.3. The molecule has 1 saturated heterocycles. The lowest BCUT2D eigenvalue weighted by Crippen LogP contribution is -2.44. The van der Waals surface area contributed by atoms with E-state index in [-0.39, 0.29) is 7.33 Å². The van der Waals surface area contributed by atoms with Gasteiger partial charge in [-0.2, -0.15) is 0 Å². The van der Waals surface area contributed by atoms with Crippen LogP contribution in [0.2, 0.25) is 0 Å². The number of carbonyl (C=O) groups is 1. The van der Waals surface area contributed by atoms with Crippen LogP contribution >= 0.6 is 0 Å². The third-order valence-electron chi connectivity index (χ3n) is 3.14. The Morgan fingerprint density at radius 3 is 2.76 bits per heavy atom. The van der Waals surface area contributed by atoms with Gasteiger partial charge in [-0.15, -0.1) is 0 Å². The largest absolute Gasteiger partial charge is 0.371 e. The van der Waals surface area contributed by atoms with Crippen molar-refractivity contribution in [2.24, 2.45) is 0 Å². The second-order valence-electron chi connectivity index (χ2n) is 4.56. The van der Waals surface area contributed by atoms with Crippen molar-refractivity contribution < 1.29 is 6.22 Å². The van der Waals surface area contributed by atoms with Crippen LogP contribution in [0, 0.1) is 0 Å². The number of benzene rings is 1. The molecule has 0 unspecified atom stereocenters. The Kier molecular flexibility index (Phi) is 3.72. The molecule has 1 N–H and O–H groups in total. The Labute approximate surface area is 105 Å². The van der Waals surface area contributed by atoms with Gasteiger partial charge in [0.05, 0.1) is 0 Å². The Bertz CT molecular complexity index is 406. The molecule has 1 fully saturated rings. The first-order valence-corrected chi connectivity index (χ1v) is 6.03. The molecule has 4 heteroatoms. The maximum Gasteiger partial charge on any atom is 0.217 e. The second kappa shape index (κ2) is 5.26. The first kappa shape index (κ1) is 12.0. The lowest BCUT2D eigenvalue weighted by atomic mass is 9.95. The summed E-state index contributed by atoms with van der Waals surface area (Å²) in [5.74, 6) is 0.0624. The molecule has 17 heavy (non-hydrogen) atoms. The van der Waals surface area contributed by atoms with Gasteiger partial charge in [0.2, 0.25) is 5.91 Å². The van der Waals surface area contributed by atoms with Crippen molar-refractivity contribution in [2.75, 3.05) is 18.0 Å². The molecule has 1 aromatic rings. The molecule has 1 heterocycles. The van der Waals surface area contributed by atoms with Crippen molar-refractivity contribution in [3.63, 3.8) is 0 Å². The smallest absolute Gasteiger partial charge is 0.217 e. The maximum absolute atomic E-state index is 11.0. The Morgan fingerprint density at radius 1 is 1.47 bits per heavy atom. The van der Waals surface area contributed by atoms with Gasteiger partial charge in [-0.25, -0.2) is 0 Å². The Balaban J connectivity index is 0.00000162. The van der Waals surface area contributed by atoms with E-state index in [1.807, 2.05) is 18.2 Å². The van der Waals surface area contributed by atoms with Crippen molar-refractivity contribution in [3.05, 3.63) is 24.3 Å². The maximum atomic E-state index is 11.0. The van der Waals surface area contributed by atoms with E-state index in [0.717, 1.165) is 31.4 Å². The summed E-state index contributed by atoms with van der Waals surface area (Å²) in [5, 5.41) is 2.97. The van der Waals surface area contributed by atoms with Crippen molar-refractivity contribution in [1.29, 1.82) is 0 Å². The minimum absolute atomic E-state index is 0. The van der Waals surface area contributed by atoms with E-state index in [2.05, 4.69) is 16.3 Å². The van der Waals surface area contributed by atoms with Gasteiger partial charge in [0, 0.05) is 33.2 Å². The zero-order valence-corrected chi connectivity index (χ0v) is 10.1. The zero-order valence-electron chi connectivity index (χ0n) is 10.1. The topological polar surface area (TPSA) is 32.3 Å². The number of amides is 1. The number of rotatable bonds is 2. The summed E-state index contributed by atoms with van der Waals surface area (Å²) >= 11 is 0. The molecule has 0 aliphatic carbocycles. The molecular weight excluding hydrogens is 211 g/mol. The van der Waals surface area contributed by atoms with Crippen LogP contribution in [0.25, 0.3) is 0 Å². The molecule has 1 aromatic carbocycles. The molecule has 0 aromatic heterocycles. The highest BCUT2D eigenvalue weighted by atomic mass is 16.1. The van der Waals surface area contributed by atoms with E-state index >= 15 is 0 Å². The van der Waals surface area contributed by atoms with Gasteiger partial charge in [-0.05, 0) is 25.0 Å². The van der Waals surface area contributed by atoms with Crippen LogP contribution in [-0.4, -0.2) is 32.9 Å². The van der Waals surface area contributed by atoms with E-state index < -0.39 is 0 Å². The third kappa shape index (κ3) is 3.25. The average Bonchev–Trinajstić information content (AvgIpc) is 2.29. The van der Waals surface area contributed by atoms with Crippen molar-refractivity contribution in [1.82, 2.24) is 5.32 Å². The first-order chi connectivity index (χ1) is 8.15. The predicted molar refractivity (Wildman–Crippen MR) is 73.0 cm³/mol. The van der Waals surface area contributed by atoms with Crippen LogP contribution in [0.3, 0.4) is 0 Å². The second-order valence-corrected chi connectivity index (χ2v) is 4.56. The third-order valence-corrected chi connectivity index (χ3v) is 3.14. The molecule has 90 valence electrons. The number of carbonyl (C=O) groups excluding carboxylic acids is 1. The zero-order chi connectivity index (χ0) is 12.3. The molecule has 2 radical (unpaired) electrons. The number of piperidine rings is 1. The summed E-state index contributed by atoms with van der Waals surface area (Å²) in [7, 11) is 5.77. The molecule has 1 amide bonds. The number of anilines is 1. The highest BCUT2D eigenvalue weighted by Gasteiger charge is 2.19. The van der Waals surface area contributed by atoms with E-state index in [0.29, 0.717) is 6.04 Å². The quantitative estimate of drug-likeness (QED) is 0.763. The van der Waals surface area contributed by atoms with Crippen molar-refractivity contribution in [2.45, 2.75) is 25.8 Å². The Morgan fingerprint density at radius 2 is 2.18 bits per heavy atom. The number of nitrogens with zero attached hydrogens (tertiary/aromatic N) is 1. The fourth-order valence-electron chi connectivity index (χ4n) is 2.29. The van der Waals surface area contributed by atoms with Gasteiger partial charge in [0.15, 0.2) is 0 Å². The summed E-state index contributed by atoms with van der Waals surface area (Å²) < 4.78 is 0. The normalized spacial score (nSPS) is 16.9. The van der Waals surface area contributed by atoms with Crippen molar-refractivity contribution >= 4 is 24.9 Å². The summed E-state index contributed by atoms with van der Waals surface area (Å²) in [5.41, 5.74) is 1.97. The molecule has 1 aliphatic heterocycles. The van der Waals surface area contributed by atoms with Crippen LogP contribution in [0.5, 0.6) is 0 Å². The van der Waals surface area contributed by atoms with Crippen LogP contribution < -0.4 is 15.7 Å². The average molecular weight is 230 g/mol. The van der Waals surface area contributed by atoms with Gasteiger partial charge >= 0.3 is 0 Å². The van der Waals surface area contributed by atoms with E-state index in [1.165, 1.54) is 5.69 Å². The fourth-order valence-corrected chi connectivity index (χ4v) is 2.29. The summed E-state index contributed by atoms with van der Waals surface area (Å²) in [6, 6.07) is 8.27. The standard InChI is InChI=1S/C13H17BN2O.H2/c1-10(17)15-12-5-7-16(8-6-12)13-4-2-3-11(14)9-13;/h2-4,9,12H,5-8H2,1H3,(H,15,17);1H. The van der Waals surface area contributed by atoms with E-state index in [1.54, 1.807) is 6.92 Å². The summed E-state index contributed by atoms with van der Waals surface area (Å²) in [6.07, 6.45) is 1.99. The number of nitrogens with one attached hydrogen (secondary N) is 1. The van der Waals surface area contributed by atoms with Gasteiger partial charge in [-0.1, -0.05) is 17.6 Å². The van der Waals surface area contributed by atoms with E-state index in [4.69, 9.17) is 7.85 Å². The van der Waals surface area contributed by atoms with Gasteiger partial charge < -0.3 is 10.2 Å². The van der Waals surface area contributed by atoms with Gasteiger partial charge in [0.1, 0.15) is 7.85 Å². The summed E-state index contributed by atoms with van der Waals surface area (Å²) in [6.45, 7) is 3.51. The fraction of sp³-hybridized carbons (Fsp3) is 0.462.